The number of aliphatic hydroxyl groups excluding tert-OH is 1. The van der Waals surface area contributed by atoms with Crippen molar-refractivity contribution in [2.45, 2.75) is 19.4 Å². The minimum Gasteiger partial charge on any atom is -0.395 e. The summed E-state index contributed by atoms with van der Waals surface area (Å²) >= 11 is 1.13. The highest BCUT2D eigenvalue weighted by molar-refractivity contribution is 8.14. The summed E-state index contributed by atoms with van der Waals surface area (Å²) in [6, 6.07) is -0.416. The fraction of sp³-hybridized carbons (Fsp3) is 0.778. The van der Waals surface area contributed by atoms with Gasteiger partial charge in [0.15, 0.2) is 0 Å². The molecule has 1 aliphatic heterocycles. The summed E-state index contributed by atoms with van der Waals surface area (Å²) in [5.74, 6) is 0.396. The highest BCUT2D eigenvalue weighted by Crippen LogP contribution is 2.14. The fourth-order valence-electron chi connectivity index (χ4n) is 1.46. The first-order chi connectivity index (χ1) is 7.19. The third-order valence-corrected chi connectivity index (χ3v) is 3.03. The van der Waals surface area contributed by atoms with Gasteiger partial charge in [-0.3, -0.25) is 9.59 Å². The number of amides is 2. The molecule has 1 rings (SSSR count). The lowest BCUT2D eigenvalue weighted by molar-refractivity contribution is -0.133. The molecule has 1 heterocycles. The molecule has 15 heavy (non-hydrogen) atoms. The first kappa shape index (κ1) is 12.3. The van der Waals surface area contributed by atoms with Gasteiger partial charge >= 0.3 is 0 Å². The molecule has 0 bridgehead atoms. The molecule has 5 nitrogen and oxygen atoms in total. The summed E-state index contributed by atoms with van der Waals surface area (Å²) in [7, 11) is 0. The summed E-state index contributed by atoms with van der Waals surface area (Å²) in [5, 5.41) is 11.3. The minimum absolute atomic E-state index is 0.0421. The standard InChI is InChI=1S/C9H16N2O3S/c1-2-3-11(4-5-12)8(13)7-6-15-9(14)10-7/h7,12H,2-6H2,1H3,(H,10,14). The Hall–Kier alpha value is -0.750. The monoisotopic (exact) mass is 232 g/mol. The largest absolute Gasteiger partial charge is 0.395 e. The van der Waals surface area contributed by atoms with E-state index in [2.05, 4.69) is 5.32 Å². The molecule has 0 aromatic heterocycles. The number of rotatable bonds is 5. The summed E-state index contributed by atoms with van der Waals surface area (Å²) < 4.78 is 0. The number of nitrogens with one attached hydrogen (secondary N) is 1. The predicted molar refractivity (Wildman–Crippen MR) is 58.7 cm³/mol. The van der Waals surface area contributed by atoms with Crippen LogP contribution in [0.1, 0.15) is 13.3 Å². The van der Waals surface area contributed by atoms with Gasteiger partial charge in [0.2, 0.25) is 5.91 Å². The molecule has 1 atom stereocenters. The van der Waals surface area contributed by atoms with E-state index < -0.39 is 6.04 Å². The van der Waals surface area contributed by atoms with Gasteiger partial charge in [-0.2, -0.15) is 0 Å². The molecule has 1 fully saturated rings. The van der Waals surface area contributed by atoms with Gasteiger partial charge in [0.05, 0.1) is 6.61 Å². The van der Waals surface area contributed by atoms with Crippen molar-refractivity contribution < 1.29 is 14.7 Å². The van der Waals surface area contributed by atoms with Gasteiger partial charge in [-0.25, -0.2) is 0 Å². The molecule has 0 aromatic rings. The van der Waals surface area contributed by atoms with Crippen molar-refractivity contribution in [3.63, 3.8) is 0 Å². The first-order valence-electron chi connectivity index (χ1n) is 5.02. The summed E-state index contributed by atoms with van der Waals surface area (Å²) in [4.78, 5) is 24.4. The number of hydrogen-bond acceptors (Lipinski definition) is 4. The Morgan fingerprint density at radius 1 is 1.67 bits per heavy atom. The smallest absolute Gasteiger partial charge is 0.279 e. The Labute approximate surface area is 93.2 Å². The van der Waals surface area contributed by atoms with Crippen LogP contribution in [0.5, 0.6) is 0 Å². The van der Waals surface area contributed by atoms with Crippen LogP contribution in [0.15, 0.2) is 0 Å². The summed E-state index contributed by atoms with van der Waals surface area (Å²) in [5.41, 5.74) is 0. The van der Waals surface area contributed by atoms with Gasteiger partial charge in [-0.15, -0.1) is 0 Å². The number of thioether (sulfide) groups is 1. The van der Waals surface area contributed by atoms with E-state index in [1.165, 1.54) is 0 Å². The van der Waals surface area contributed by atoms with Crippen LogP contribution >= 0.6 is 11.8 Å². The van der Waals surface area contributed by atoms with Crippen molar-refractivity contribution in [3.8, 4) is 0 Å². The Bertz CT molecular complexity index is 242. The maximum Gasteiger partial charge on any atom is 0.279 e. The molecular formula is C9H16N2O3S. The van der Waals surface area contributed by atoms with Gasteiger partial charge in [0.25, 0.3) is 5.24 Å². The number of aliphatic hydroxyl groups is 1. The van der Waals surface area contributed by atoms with Gasteiger partial charge in [0.1, 0.15) is 6.04 Å². The molecular weight excluding hydrogens is 216 g/mol. The average molecular weight is 232 g/mol. The maximum atomic E-state index is 11.9. The second-order valence-corrected chi connectivity index (χ2v) is 4.34. The molecule has 0 radical (unpaired) electrons. The predicted octanol–water partition coefficient (Wildman–Crippen LogP) is 0.0423. The topological polar surface area (TPSA) is 69.6 Å². The molecule has 1 aliphatic rings. The molecule has 0 aliphatic carbocycles. The van der Waals surface area contributed by atoms with Crippen LogP contribution in [0.4, 0.5) is 4.79 Å². The number of nitrogens with zero attached hydrogens (tertiary/aromatic N) is 1. The summed E-state index contributed by atoms with van der Waals surface area (Å²) in [6.07, 6.45) is 0.847. The van der Waals surface area contributed by atoms with Crippen LogP contribution in [0.3, 0.4) is 0 Å². The van der Waals surface area contributed by atoms with Crippen molar-refractivity contribution in [2.75, 3.05) is 25.4 Å². The number of hydrogen-bond donors (Lipinski definition) is 2. The molecule has 1 saturated heterocycles. The van der Waals surface area contributed by atoms with Crippen molar-refractivity contribution >= 4 is 22.9 Å². The van der Waals surface area contributed by atoms with Crippen molar-refractivity contribution in [1.29, 1.82) is 0 Å². The molecule has 1 unspecified atom stereocenters. The average Bonchev–Trinajstić information content (AvgIpc) is 2.63. The highest BCUT2D eigenvalue weighted by atomic mass is 32.2. The maximum absolute atomic E-state index is 11.9. The Kier molecular flexibility index (Phi) is 4.90. The van der Waals surface area contributed by atoms with E-state index in [0.717, 1.165) is 18.2 Å². The van der Waals surface area contributed by atoms with Gasteiger partial charge < -0.3 is 15.3 Å². The molecule has 2 N–H and O–H groups in total. The van der Waals surface area contributed by atoms with Crippen molar-refractivity contribution in [1.82, 2.24) is 10.2 Å². The second-order valence-electron chi connectivity index (χ2n) is 3.34. The SMILES string of the molecule is CCCN(CCO)C(=O)C1CSC(=O)N1. The number of carbonyl (C=O) groups excluding carboxylic acids is 2. The first-order valence-corrected chi connectivity index (χ1v) is 6.00. The lowest BCUT2D eigenvalue weighted by atomic mass is 10.2. The highest BCUT2D eigenvalue weighted by Gasteiger charge is 2.30. The molecule has 0 aromatic carbocycles. The zero-order valence-corrected chi connectivity index (χ0v) is 9.55. The van der Waals surface area contributed by atoms with E-state index in [0.29, 0.717) is 18.8 Å². The number of carbonyl (C=O) groups is 2. The van der Waals surface area contributed by atoms with Crippen LogP contribution in [0.25, 0.3) is 0 Å². The molecule has 0 spiro atoms. The van der Waals surface area contributed by atoms with E-state index in [9.17, 15) is 9.59 Å². The zero-order chi connectivity index (χ0) is 11.3. The zero-order valence-electron chi connectivity index (χ0n) is 8.73. The Morgan fingerprint density at radius 3 is 2.87 bits per heavy atom. The third-order valence-electron chi connectivity index (χ3n) is 2.15. The quantitative estimate of drug-likeness (QED) is 0.702. The lowest BCUT2D eigenvalue weighted by Gasteiger charge is -2.23. The van der Waals surface area contributed by atoms with Crippen LogP contribution < -0.4 is 5.32 Å². The van der Waals surface area contributed by atoms with Gasteiger partial charge in [-0.05, 0) is 6.42 Å². The van der Waals surface area contributed by atoms with Gasteiger partial charge in [-0.1, -0.05) is 18.7 Å². The Morgan fingerprint density at radius 2 is 2.40 bits per heavy atom. The normalized spacial score (nSPS) is 20.1. The molecule has 0 saturated carbocycles. The van der Waals surface area contributed by atoms with E-state index in [1.807, 2.05) is 6.92 Å². The minimum atomic E-state index is -0.416. The molecule has 86 valence electrons. The van der Waals surface area contributed by atoms with Crippen molar-refractivity contribution in [2.24, 2.45) is 0 Å². The van der Waals surface area contributed by atoms with E-state index >= 15 is 0 Å². The molecule has 6 heteroatoms. The van der Waals surface area contributed by atoms with E-state index in [1.54, 1.807) is 4.90 Å². The van der Waals surface area contributed by atoms with E-state index in [4.69, 9.17) is 5.11 Å². The molecule has 2 amide bonds. The third kappa shape index (κ3) is 3.39. The second kappa shape index (κ2) is 5.97. The van der Waals surface area contributed by atoms with E-state index in [-0.39, 0.29) is 17.8 Å². The van der Waals surface area contributed by atoms with Crippen molar-refractivity contribution in [3.05, 3.63) is 0 Å². The van der Waals surface area contributed by atoms with Crippen LogP contribution in [-0.2, 0) is 4.79 Å². The Balaban J connectivity index is 2.51. The van der Waals surface area contributed by atoms with Crippen LogP contribution in [-0.4, -0.2) is 52.6 Å². The summed E-state index contributed by atoms with van der Waals surface area (Å²) in [6.45, 7) is 2.89. The van der Waals surface area contributed by atoms with Crippen LogP contribution in [0, 0.1) is 0 Å². The van der Waals surface area contributed by atoms with Gasteiger partial charge in [0, 0.05) is 18.8 Å². The lowest BCUT2D eigenvalue weighted by Crippen LogP contribution is -2.46. The fourth-order valence-corrected chi connectivity index (χ4v) is 2.23. The van der Waals surface area contributed by atoms with Crippen LogP contribution in [0.2, 0.25) is 0 Å².